The van der Waals surface area contributed by atoms with Crippen LogP contribution in [0.25, 0.3) is 0 Å². The van der Waals surface area contributed by atoms with Crippen LogP contribution in [0, 0.1) is 11.8 Å². The van der Waals surface area contributed by atoms with Gasteiger partial charge in [-0.1, -0.05) is 19.0 Å². The largest absolute Gasteiger partial charge is 0.492 e. The molecule has 1 aromatic carbocycles. The molecule has 1 aliphatic carbocycles. The highest BCUT2D eigenvalue weighted by Gasteiger charge is 2.28. The van der Waals surface area contributed by atoms with Crippen LogP contribution in [-0.4, -0.2) is 30.2 Å². The number of nitrogens with one attached hydrogen (secondary N) is 1. The third-order valence-electron chi connectivity index (χ3n) is 4.50. The number of nitrogens with zero attached hydrogens (tertiary/aromatic N) is 1. The van der Waals surface area contributed by atoms with Gasteiger partial charge in [-0.3, -0.25) is 0 Å². The Morgan fingerprint density at radius 1 is 1.33 bits per heavy atom. The third kappa shape index (κ3) is 4.11. The van der Waals surface area contributed by atoms with Crippen molar-refractivity contribution < 1.29 is 9.94 Å². The number of ether oxygens (including phenoxy) is 1. The lowest BCUT2D eigenvalue weighted by molar-refractivity contribution is 0.290. The van der Waals surface area contributed by atoms with Crippen LogP contribution in [0.3, 0.4) is 0 Å². The maximum absolute atomic E-state index is 8.60. The molecule has 0 heterocycles. The molecule has 0 amide bonds. The van der Waals surface area contributed by atoms with Gasteiger partial charge >= 0.3 is 0 Å². The first-order valence-electron chi connectivity index (χ1n) is 7.56. The zero-order valence-corrected chi connectivity index (χ0v) is 12.7. The Hall–Kier alpha value is -1.75. The highest BCUT2D eigenvalue weighted by Crippen LogP contribution is 2.30. The van der Waals surface area contributed by atoms with E-state index >= 15 is 0 Å². The van der Waals surface area contributed by atoms with Crippen LogP contribution < -0.4 is 15.8 Å². The lowest BCUT2D eigenvalue weighted by atomic mass is 9.98. The lowest BCUT2D eigenvalue weighted by Crippen LogP contribution is -2.35. The highest BCUT2D eigenvalue weighted by atomic mass is 16.5. The van der Waals surface area contributed by atoms with E-state index < -0.39 is 0 Å². The second kappa shape index (κ2) is 7.31. The van der Waals surface area contributed by atoms with E-state index in [-0.39, 0.29) is 5.84 Å². The smallest absolute Gasteiger partial charge is 0.170 e. The van der Waals surface area contributed by atoms with Crippen LogP contribution in [0.5, 0.6) is 5.75 Å². The van der Waals surface area contributed by atoms with E-state index in [9.17, 15) is 0 Å². The van der Waals surface area contributed by atoms with E-state index in [0.717, 1.165) is 24.1 Å². The average Bonchev–Trinajstić information content (AvgIpc) is 2.83. The molecule has 0 bridgehead atoms. The Morgan fingerprint density at radius 2 is 2.05 bits per heavy atom. The highest BCUT2D eigenvalue weighted by molar-refractivity contribution is 5.97. The maximum Gasteiger partial charge on any atom is 0.170 e. The van der Waals surface area contributed by atoms with Gasteiger partial charge in [0.05, 0.1) is 0 Å². The zero-order valence-electron chi connectivity index (χ0n) is 12.7. The minimum absolute atomic E-state index is 0.104. The molecule has 5 heteroatoms. The molecule has 3 atom stereocenters. The van der Waals surface area contributed by atoms with Crippen LogP contribution >= 0.6 is 0 Å². The first-order valence-corrected chi connectivity index (χ1v) is 7.56. The molecule has 0 radical (unpaired) electrons. The molecule has 1 saturated carbocycles. The number of nitrogens with two attached hydrogens (primary N) is 1. The fraction of sp³-hybridized carbons (Fsp3) is 0.562. The predicted molar refractivity (Wildman–Crippen MR) is 83.8 cm³/mol. The summed E-state index contributed by atoms with van der Waals surface area (Å²) >= 11 is 0. The summed E-state index contributed by atoms with van der Waals surface area (Å²) in [5, 5.41) is 15.1. The summed E-state index contributed by atoms with van der Waals surface area (Å²) in [4.78, 5) is 0. The first-order chi connectivity index (χ1) is 10.1. The minimum Gasteiger partial charge on any atom is -0.492 e. The second-order valence-corrected chi connectivity index (χ2v) is 5.83. The molecule has 0 saturated heterocycles. The van der Waals surface area contributed by atoms with Crippen molar-refractivity contribution in [2.45, 2.75) is 32.7 Å². The van der Waals surface area contributed by atoms with Crippen molar-refractivity contribution in [2.24, 2.45) is 22.7 Å². The van der Waals surface area contributed by atoms with Crippen LogP contribution in [-0.2, 0) is 0 Å². The summed E-state index contributed by atoms with van der Waals surface area (Å²) in [6, 6.07) is 7.82. The van der Waals surface area contributed by atoms with E-state index in [2.05, 4.69) is 24.3 Å². The van der Waals surface area contributed by atoms with Crippen molar-refractivity contribution in [1.82, 2.24) is 5.32 Å². The van der Waals surface area contributed by atoms with Crippen molar-refractivity contribution in [2.75, 3.05) is 13.2 Å². The van der Waals surface area contributed by atoms with Crippen molar-refractivity contribution in [1.29, 1.82) is 0 Å². The molecule has 5 nitrogen and oxygen atoms in total. The molecule has 1 fully saturated rings. The summed E-state index contributed by atoms with van der Waals surface area (Å²) in [5.41, 5.74) is 6.19. The van der Waals surface area contributed by atoms with Gasteiger partial charge in [-0.05, 0) is 48.9 Å². The van der Waals surface area contributed by atoms with E-state index in [1.807, 2.05) is 12.1 Å². The van der Waals surface area contributed by atoms with Crippen LogP contribution in [0.15, 0.2) is 29.4 Å². The van der Waals surface area contributed by atoms with Gasteiger partial charge in [0.25, 0.3) is 0 Å². The SMILES string of the molecule is CC1CCC(NCCOc2ccc(C(N)=NO)cc2)C1C. The van der Waals surface area contributed by atoms with Gasteiger partial charge in [-0.25, -0.2) is 0 Å². The van der Waals surface area contributed by atoms with Gasteiger partial charge in [0.2, 0.25) is 0 Å². The van der Waals surface area contributed by atoms with Gasteiger partial charge in [0.1, 0.15) is 12.4 Å². The van der Waals surface area contributed by atoms with Crippen molar-refractivity contribution >= 4 is 5.84 Å². The number of hydrogen-bond donors (Lipinski definition) is 3. The molecule has 116 valence electrons. The molecule has 0 spiro atoms. The van der Waals surface area contributed by atoms with E-state index in [0.29, 0.717) is 18.2 Å². The Kier molecular flexibility index (Phi) is 5.44. The predicted octanol–water partition coefficient (Wildman–Crippen LogP) is 2.18. The summed E-state index contributed by atoms with van der Waals surface area (Å²) < 4.78 is 5.69. The van der Waals surface area contributed by atoms with E-state index in [1.165, 1.54) is 12.8 Å². The fourth-order valence-electron chi connectivity index (χ4n) is 2.85. The van der Waals surface area contributed by atoms with Crippen molar-refractivity contribution in [3.8, 4) is 5.75 Å². The summed E-state index contributed by atoms with van der Waals surface area (Å²) in [6.07, 6.45) is 2.58. The van der Waals surface area contributed by atoms with Crippen molar-refractivity contribution in [3.05, 3.63) is 29.8 Å². The van der Waals surface area contributed by atoms with Crippen molar-refractivity contribution in [3.63, 3.8) is 0 Å². The number of benzene rings is 1. The van der Waals surface area contributed by atoms with Gasteiger partial charge < -0.3 is 21.0 Å². The van der Waals surface area contributed by atoms with Gasteiger partial charge in [0.15, 0.2) is 5.84 Å². The first kappa shape index (κ1) is 15.6. The van der Waals surface area contributed by atoms with Crippen LogP contribution in [0.1, 0.15) is 32.3 Å². The molecule has 1 aliphatic rings. The Morgan fingerprint density at radius 3 is 2.62 bits per heavy atom. The summed E-state index contributed by atoms with van der Waals surface area (Å²) in [7, 11) is 0. The topological polar surface area (TPSA) is 79.9 Å². The van der Waals surface area contributed by atoms with Gasteiger partial charge in [-0.2, -0.15) is 0 Å². The van der Waals surface area contributed by atoms with Crippen LogP contribution in [0.2, 0.25) is 0 Å². The van der Waals surface area contributed by atoms with Gasteiger partial charge in [-0.15, -0.1) is 0 Å². The number of rotatable bonds is 6. The quantitative estimate of drug-likeness (QED) is 0.247. The molecular weight excluding hydrogens is 266 g/mol. The molecule has 4 N–H and O–H groups in total. The minimum atomic E-state index is 0.104. The molecule has 21 heavy (non-hydrogen) atoms. The second-order valence-electron chi connectivity index (χ2n) is 5.83. The monoisotopic (exact) mass is 291 g/mol. The van der Waals surface area contributed by atoms with Crippen LogP contribution in [0.4, 0.5) is 0 Å². The lowest BCUT2D eigenvalue weighted by Gasteiger charge is -2.19. The number of amidine groups is 1. The van der Waals surface area contributed by atoms with E-state index in [4.69, 9.17) is 15.7 Å². The number of oxime groups is 1. The third-order valence-corrected chi connectivity index (χ3v) is 4.50. The zero-order chi connectivity index (χ0) is 15.2. The van der Waals surface area contributed by atoms with E-state index in [1.54, 1.807) is 12.1 Å². The standard InChI is InChI=1S/C16H25N3O2/c1-11-3-8-15(12(11)2)18-9-10-21-14-6-4-13(5-7-14)16(17)19-20/h4-7,11-12,15,18,20H,3,8-10H2,1-2H3,(H2,17,19). The fourth-order valence-corrected chi connectivity index (χ4v) is 2.85. The Labute approximate surface area is 126 Å². The maximum atomic E-state index is 8.60. The summed E-state index contributed by atoms with van der Waals surface area (Å²) in [6.45, 7) is 6.14. The molecule has 0 aliphatic heterocycles. The molecule has 1 aromatic rings. The van der Waals surface area contributed by atoms with Gasteiger partial charge in [0, 0.05) is 18.2 Å². The molecular formula is C16H25N3O2. The molecule has 2 rings (SSSR count). The number of hydrogen-bond acceptors (Lipinski definition) is 4. The summed E-state index contributed by atoms with van der Waals surface area (Å²) in [5.74, 6) is 2.45. The molecule has 0 aromatic heterocycles. The average molecular weight is 291 g/mol. The Bertz CT molecular complexity index is 473. The molecule has 3 unspecified atom stereocenters. The Balaban J connectivity index is 1.71. The normalized spacial score (nSPS) is 26.0.